The number of methoxy groups -OCH3 is 1. The maximum atomic E-state index is 11.7. The maximum absolute atomic E-state index is 11.7. The Morgan fingerprint density at radius 2 is 2.12 bits per heavy atom. The minimum atomic E-state index is -3.68. The summed E-state index contributed by atoms with van der Waals surface area (Å²) in [6.45, 7) is 3.59. The zero-order chi connectivity index (χ0) is 12.8. The fraction of sp³-hybridized carbons (Fsp3) is 0.778. The van der Waals surface area contributed by atoms with Crippen molar-refractivity contribution < 1.29 is 17.9 Å². The molecule has 0 amide bonds. The Bertz CT molecular complexity index is 371. The normalized spacial score (nSPS) is 13.2. The Morgan fingerprint density at radius 1 is 1.56 bits per heavy atom. The smallest absolute Gasteiger partial charge is 0.322 e. The molecule has 0 aromatic heterocycles. The van der Waals surface area contributed by atoms with Crippen molar-refractivity contribution in [3.05, 3.63) is 0 Å². The summed E-state index contributed by atoms with van der Waals surface area (Å²) in [7, 11) is -2.55. The van der Waals surface area contributed by atoms with Crippen molar-refractivity contribution in [3.63, 3.8) is 0 Å². The molecule has 0 rings (SSSR count). The first-order valence-corrected chi connectivity index (χ1v) is 6.42. The zero-order valence-corrected chi connectivity index (χ0v) is 10.5. The Balaban J connectivity index is 4.69. The third-order valence-corrected chi connectivity index (χ3v) is 3.77. The summed E-state index contributed by atoms with van der Waals surface area (Å²) in [5.74, 6) is -1.90. The molecule has 1 unspecified atom stereocenters. The molecule has 0 saturated heterocycles. The van der Waals surface area contributed by atoms with E-state index >= 15 is 0 Å². The van der Waals surface area contributed by atoms with Gasteiger partial charge in [0.25, 0.3) is 0 Å². The van der Waals surface area contributed by atoms with E-state index in [-0.39, 0.29) is 13.1 Å². The molecule has 0 saturated carbocycles. The fourth-order valence-electron chi connectivity index (χ4n) is 1.08. The number of sulfonamides is 1. The zero-order valence-electron chi connectivity index (χ0n) is 9.63. The van der Waals surface area contributed by atoms with Gasteiger partial charge < -0.3 is 4.74 Å². The second-order valence-corrected chi connectivity index (χ2v) is 5.28. The molecule has 0 aliphatic heterocycles. The van der Waals surface area contributed by atoms with Gasteiger partial charge >= 0.3 is 5.97 Å². The predicted molar refractivity (Wildman–Crippen MR) is 57.8 cm³/mol. The van der Waals surface area contributed by atoms with Crippen LogP contribution in [0, 0.1) is 17.2 Å². The number of hydrogen-bond acceptors (Lipinski definition) is 5. The molecule has 0 bridgehead atoms. The van der Waals surface area contributed by atoms with E-state index < -0.39 is 27.7 Å². The number of nitrogens with zero attached hydrogens (tertiary/aromatic N) is 2. The van der Waals surface area contributed by atoms with Crippen LogP contribution < -0.4 is 0 Å². The monoisotopic (exact) mass is 248 g/mol. The molecule has 7 heteroatoms. The van der Waals surface area contributed by atoms with Crippen molar-refractivity contribution in [2.75, 3.05) is 26.0 Å². The summed E-state index contributed by atoms with van der Waals surface area (Å²) >= 11 is 0. The number of esters is 1. The van der Waals surface area contributed by atoms with Crippen LogP contribution in [0.25, 0.3) is 0 Å². The third kappa shape index (κ3) is 4.59. The lowest BCUT2D eigenvalue weighted by molar-refractivity contribution is -0.137. The highest BCUT2D eigenvalue weighted by Gasteiger charge is 2.25. The number of nitriles is 1. The van der Waals surface area contributed by atoms with Crippen LogP contribution in [0.5, 0.6) is 0 Å². The van der Waals surface area contributed by atoms with Gasteiger partial charge in [-0.15, -0.1) is 0 Å². The molecular weight excluding hydrogens is 232 g/mol. The first kappa shape index (κ1) is 14.9. The molecule has 1 atom stereocenters. The number of hydrogen-bond donors (Lipinski definition) is 0. The number of carbonyl (C=O) groups excluding carboxylic acids is 1. The Morgan fingerprint density at radius 3 is 2.50 bits per heavy atom. The van der Waals surface area contributed by atoms with Gasteiger partial charge in [-0.1, -0.05) is 6.92 Å². The molecule has 0 radical (unpaired) electrons. The van der Waals surface area contributed by atoms with E-state index in [0.29, 0.717) is 0 Å². The third-order valence-electron chi connectivity index (χ3n) is 1.97. The quantitative estimate of drug-likeness (QED) is 0.616. The van der Waals surface area contributed by atoms with Gasteiger partial charge in [0.1, 0.15) is 0 Å². The molecule has 0 aliphatic carbocycles. The van der Waals surface area contributed by atoms with E-state index in [1.54, 1.807) is 13.8 Å². The van der Waals surface area contributed by atoms with Gasteiger partial charge in [0.15, 0.2) is 5.75 Å². The summed E-state index contributed by atoms with van der Waals surface area (Å²) in [5, 5.41) is 8.61. The van der Waals surface area contributed by atoms with E-state index in [4.69, 9.17) is 5.26 Å². The molecule has 0 N–H and O–H groups in total. The summed E-state index contributed by atoms with van der Waals surface area (Å²) < 4.78 is 28.8. The predicted octanol–water partition coefficient (Wildman–Crippen LogP) is -0.0292. The lowest BCUT2D eigenvalue weighted by atomic mass is 10.2. The van der Waals surface area contributed by atoms with Gasteiger partial charge in [-0.3, -0.25) is 4.79 Å². The van der Waals surface area contributed by atoms with E-state index in [1.807, 2.05) is 6.07 Å². The minimum absolute atomic E-state index is 0.0896. The standard InChI is InChI=1S/C9H16N2O4S/c1-4-11(6-8(2)5-10)16(13,14)7-9(12)15-3/h8H,4,6-7H2,1-3H3. The number of rotatable bonds is 6. The molecule has 0 aromatic rings. The number of carbonyl (C=O) groups is 1. The van der Waals surface area contributed by atoms with Gasteiger partial charge in [0, 0.05) is 13.1 Å². The topological polar surface area (TPSA) is 87.5 Å². The van der Waals surface area contributed by atoms with Crippen LogP contribution >= 0.6 is 0 Å². The van der Waals surface area contributed by atoms with Crippen LogP contribution in [0.4, 0.5) is 0 Å². The van der Waals surface area contributed by atoms with Gasteiger partial charge in [-0.2, -0.15) is 5.26 Å². The molecule has 0 spiro atoms. The van der Waals surface area contributed by atoms with Crippen LogP contribution in [-0.4, -0.2) is 44.6 Å². The van der Waals surface area contributed by atoms with E-state index in [2.05, 4.69) is 4.74 Å². The highest BCUT2D eigenvalue weighted by molar-refractivity contribution is 7.89. The largest absolute Gasteiger partial charge is 0.468 e. The molecule has 16 heavy (non-hydrogen) atoms. The van der Waals surface area contributed by atoms with Crippen molar-refractivity contribution >= 4 is 16.0 Å². The lowest BCUT2D eigenvalue weighted by Crippen LogP contribution is -2.38. The average Bonchev–Trinajstić information content (AvgIpc) is 2.24. The summed E-state index contributed by atoms with van der Waals surface area (Å²) in [5.41, 5.74) is 0. The number of ether oxygens (including phenoxy) is 1. The van der Waals surface area contributed by atoms with Gasteiger partial charge in [-0.25, -0.2) is 12.7 Å². The average molecular weight is 248 g/mol. The first-order valence-electron chi connectivity index (χ1n) is 4.81. The van der Waals surface area contributed by atoms with Crippen LogP contribution in [0.2, 0.25) is 0 Å². The van der Waals surface area contributed by atoms with Crippen molar-refractivity contribution in [3.8, 4) is 6.07 Å². The summed E-state index contributed by atoms with van der Waals surface area (Å²) in [6, 6.07) is 1.95. The van der Waals surface area contributed by atoms with Crippen molar-refractivity contribution in [2.45, 2.75) is 13.8 Å². The molecular formula is C9H16N2O4S. The molecule has 0 fully saturated rings. The second kappa shape index (κ2) is 6.45. The van der Waals surface area contributed by atoms with Crippen LogP contribution in [0.15, 0.2) is 0 Å². The second-order valence-electron chi connectivity index (χ2n) is 3.31. The highest BCUT2D eigenvalue weighted by Crippen LogP contribution is 2.06. The van der Waals surface area contributed by atoms with Gasteiger partial charge in [0.05, 0.1) is 19.1 Å². The summed E-state index contributed by atoms with van der Waals surface area (Å²) in [4.78, 5) is 10.9. The Labute approximate surface area is 95.8 Å². The first-order chi connectivity index (χ1) is 7.37. The fourth-order valence-corrected chi connectivity index (χ4v) is 2.53. The SMILES string of the molecule is CCN(CC(C)C#N)S(=O)(=O)CC(=O)OC. The highest BCUT2D eigenvalue weighted by atomic mass is 32.2. The molecule has 0 aromatic carbocycles. The van der Waals surface area contributed by atoms with Crippen molar-refractivity contribution in [1.82, 2.24) is 4.31 Å². The lowest BCUT2D eigenvalue weighted by Gasteiger charge is -2.20. The van der Waals surface area contributed by atoms with E-state index in [1.165, 1.54) is 0 Å². The molecule has 92 valence electrons. The Hall–Kier alpha value is -1.13. The molecule has 0 heterocycles. The molecule has 6 nitrogen and oxygen atoms in total. The van der Waals surface area contributed by atoms with E-state index in [9.17, 15) is 13.2 Å². The van der Waals surface area contributed by atoms with Crippen LogP contribution in [-0.2, 0) is 19.6 Å². The summed E-state index contributed by atoms with van der Waals surface area (Å²) in [6.07, 6.45) is 0. The maximum Gasteiger partial charge on any atom is 0.322 e. The Kier molecular flexibility index (Phi) is 6.00. The minimum Gasteiger partial charge on any atom is -0.468 e. The van der Waals surface area contributed by atoms with Crippen molar-refractivity contribution in [2.24, 2.45) is 5.92 Å². The molecule has 0 aliphatic rings. The van der Waals surface area contributed by atoms with Gasteiger partial charge in [-0.05, 0) is 6.92 Å². The van der Waals surface area contributed by atoms with Crippen molar-refractivity contribution in [1.29, 1.82) is 5.26 Å². The van der Waals surface area contributed by atoms with Crippen LogP contribution in [0.1, 0.15) is 13.8 Å². The van der Waals surface area contributed by atoms with Crippen LogP contribution in [0.3, 0.4) is 0 Å². The van der Waals surface area contributed by atoms with E-state index in [0.717, 1.165) is 11.4 Å². The van der Waals surface area contributed by atoms with Gasteiger partial charge in [0.2, 0.25) is 10.0 Å².